The van der Waals surface area contributed by atoms with E-state index < -0.39 is 5.54 Å². The van der Waals surface area contributed by atoms with Crippen molar-refractivity contribution in [2.45, 2.75) is 71.0 Å². The zero-order chi connectivity index (χ0) is 22.7. The summed E-state index contributed by atoms with van der Waals surface area (Å²) in [5, 5.41) is 3.31. The van der Waals surface area contributed by atoms with Gasteiger partial charge in [-0.15, -0.1) is 0 Å². The van der Waals surface area contributed by atoms with Crippen LogP contribution in [-0.2, 0) is 16.1 Å². The van der Waals surface area contributed by atoms with Crippen LogP contribution in [0.15, 0.2) is 34.9 Å². The summed E-state index contributed by atoms with van der Waals surface area (Å²) in [7, 11) is 0. The maximum Gasteiger partial charge on any atom is 0.271 e. The Balaban J connectivity index is 1.64. The van der Waals surface area contributed by atoms with Gasteiger partial charge in [0.15, 0.2) is 0 Å². The van der Waals surface area contributed by atoms with Crippen molar-refractivity contribution in [3.8, 4) is 11.5 Å². The lowest BCUT2D eigenvalue weighted by molar-refractivity contribution is -0.134. The fourth-order valence-electron chi connectivity index (χ4n) is 5.09. The number of nitrogens with zero attached hydrogens (tertiary/aromatic N) is 2. The Bertz CT molecular complexity index is 935. The first-order chi connectivity index (χ1) is 15.5. The SMILES string of the molecule is CCOCCCN1C(=O)c2ccc(-c3ccco3)n2CC1(C)C(=O)NC1CCCCC1C. The minimum Gasteiger partial charge on any atom is -0.463 e. The van der Waals surface area contributed by atoms with E-state index >= 15 is 0 Å². The highest BCUT2D eigenvalue weighted by Gasteiger charge is 2.48. The minimum absolute atomic E-state index is 0.0780. The normalized spacial score (nSPS) is 25.6. The van der Waals surface area contributed by atoms with E-state index in [4.69, 9.17) is 9.15 Å². The molecule has 3 atom stereocenters. The predicted molar refractivity (Wildman–Crippen MR) is 122 cm³/mol. The molecule has 3 heterocycles. The number of rotatable bonds is 8. The van der Waals surface area contributed by atoms with Crippen LogP contribution in [0.25, 0.3) is 11.5 Å². The van der Waals surface area contributed by atoms with E-state index in [0.717, 1.165) is 25.0 Å². The highest BCUT2D eigenvalue weighted by molar-refractivity contribution is 6.00. The average Bonchev–Trinajstić information content (AvgIpc) is 3.44. The van der Waals surface area contributed by atoms with Gasteiger partial charge in [-0.3, -0.25) is 9.59 Å². The van der Waals surface area contributed by atoms with E-state index in [1.54, 1.807) is 11.2 Å². The number of carbonyl (C=O) groups is 2. The van der Waals surface area contributed by atoms with Crippen LogP contribution in [0.4, 0.5) is 0 Å². The van der Waals surface area contributed by atoms with Gasteiger partial charge in [0.25, 0.3) is 5.91 Å². The number of nitrogens with one attached hydrogen (secondary N) is 1. The molecule has 2 amide bonds. The lowest BCUT2D eigenvalue weighted by Gasteiger charge is -2.45. The van der Waals surface area contributed by atoms with Gasteiger partial charge in [0.2, 0.25) is 5.91 Å². The third kappa shape index (κ3) is 4.22. The molecule has 0 aromatic carbocycles. The second-order valence-electron chi connectivity index (χ2n) is 9.29. The fourth-order valence-corrected chi connectivity index (χ4v) is 5.09. The number of ether oxygens (including phenoxy) is 1. The van der Waals surface area contributed by atoms with E-state index in [2.05, 4.69) is 12.2 Å². The molecular formula is C25H35N3O4. The van der Waals surface area contributed by atoms with E-state index in [1.807, 2.05) is 42.7 Å². The summed E-state index contributed by atoms with van der Waals surface area (Å²) in [6.45, 7) is 8.12. The van der Waals surface area contributed by atoms with Crippen molar-refractivity contribution in [1.29, 1.82) is 0 Å². The summed E-state index contributed by atoms with van der Waals surface area (Å²) >= 11 is 0. The third-order valence-electron chi connectivity index (χ3n) is 7.07. The summed E-state index contributed by atoms with van der Waals surface area (Å²) < 4.78 is 13.0. The molecule has 0 bridgehead atoms. The van der Waals surface area contributed by atoms with Crippen LogP contribution in [-0.4, -0.2) is 52.6 Å². The Hall–Kier alpha value is -2.54. The van der Waals surface area contributed by atoms with Crippen LogP contribution >= 0.6 is 0 Å². The number of furan rings is 1. The lowest BCUT2D eigenvalue weighted by atomic mass is 9.85. The Labute approximate surface area is 190 Å². The summed E-state index contributed by atoms with van der Waals surface area (Å²) in [6, 6.07) is 7.59. The Morgan fingerprint density at radius 1 is 1.25 bits per heavy atom. The molecule has 7 heteroatoms. The van der Waals surface area contributed by atoms with Crippen LogP contribution in [0.5, 0.6) is 0 Å². The van der Waals surface area contributed by atoms with E-state index in [-0.39, 0.29) is 17.9 Å². The smallest absolute Gasteiger partial charge is 0.271 e. The molecule has 2 aliphatic rings. The Morgan fingerprint density at radius 2 is 2.03 bits per heavy atom. The van der Waals surface area contributed by atoms with Gasteiger partial charge < -0.3 is 23.9 Å². The molecule has 32 heavy (non-hydrogen) atoms. The first-order valence-corrected chi connectivity index (χ1v) is 11.9. The van der Waals surface area contributed by atoms with Gasteiger partial charge in [0.05, 0.1) is 18.5 Å². The van der Waals surface area contributed by atoms with E-state index in [0.29, 0.717) is 50.1 Å². The van der Waals surface area contributed by atoms with Gasteiger partial charge in [0, 0.05) is 25.8 Å². The highest BCUT2D eigenvalue weighted by Crippen LogP contribution is 2.34. The van der Waals surface area contributed by atoms with Crippen molar-refractivity contribution in [2.24, 2.45) is 5.92 Å². The predicted octanol–water partition coefficient (Wildman–Crippen LogP) is 4.08. The monoisotopic (exact) mass is 441 g/mol. The van der Waals surface area contributed by atoms with Crippen molar-refractivity contribution in [2.75, 3.05) is 19.8 Å². The van der Waals surface area contributed by atoms with Gasteiger partial charge in [-0.1, -0.05) is 19.8 Å². The number of carbonyl (C=O) groups excluding carboxylic acids is 2. The molecule has 1 saturated carbocycles. The number of hydrogen-bond donors (Lipinski definition) is 1. The van der Waals surface area contributed by atoms with Crippen LogP contribution in [0.1, 0.15) is 63.4 Å². The van der Waals surface area contributed by atoms with Gasteiger partial charge in [-0.25, -0.2) is 0 Å². The molecule has 1 aliphatic carbocycles. The van der Waals surface area contributed by atoms with Crippen molar-refractivity contribution < 1.29 is 18.7 Å². The summed E-state index contributed by atoms with van der Waals surface area (Å²) in [4.78, 5) is 29.1. The maximum absolute atomic E-state index is 13.7. The Morgan fingerprint density at radius 3 is 2.75 bits per heavy atom. The third-order valence-corrected chi connectivity index (χ3v) is 7.07. The molecular weight excluding hydrogens is 406 g/mol. The first-order valence-electron chi connectivity index (χ1n) is 11.9. The van der Waals surface area contributed by atoms with Crippen molar-refractivity contribution in [3.63, 3.8) is 0 Å². The number of aromatic nitrogens is 1. The number of hydrogen-bond acceptors (Lipinski definition) is 4. The topological polar surface area (TPSA) is 76.7 Å². The molecule has 4 rings (SSSR count). The molecule has 3 unspecified atom stereocenters. The molecule has 2 aromatic heterocycles. The molecule has 0 saturated heterocycles. The van der Waals surface area contributed by atoms with Crippen molar-refractivity contribution in [1.82, 2.24) is 14.8 Å². The molecule has 1 N–H and O–H groups in total. The van der Waals surface area contributed by atoms with Crippen LogP contribution < -0.4 is 5.32 Å². The van der Waals surface area contributed by atoms with Gasteiger partial charge in [0.1, 0.15) is 17.0 Å². The van der Waals surface area contributed by atoms with Crippen LogP contribution in [0, 0.1) is 5.92 Å². The fraction of sp³-hybridized carbons (Fsp3) is 0.600. The zero-order valence-electron chi connectivity index (χ0n) is 19.4. The molecule has 2 aromatic rings. The highest BCUT2D eigenvalue weighted by atomic mass is 16.5. The first kappa shape index (κ1) is 22.6. The van der Waals surface area contributed by atoms with E-state index in [9.17, 15) is 9.59 Å². The summed E-state index contributed by atoms with van der Waals surface area (Å²) in [5.74, 6) is 0.936. The van der Waals surface area contributed by atoms with Crippen molar-refractivity contribution in [3.05, 3.63) is 36.2 Å². The largest absolute Gasteiger partial charge is 0.463 e. The van der Waals surface area contributed by atoms with Gasteiger partial charge in [-0.05, 0) is 63.3 Å². The second-order valence-corrected chi connectivity index (χ2v) is 9.29. The molecule has 174 valence electrons. The van der Waals surface area contributed by atoms with Gasteiger partial charge >= 0.3 is 0 Å². The minimum atomic E-state index is -0.992. The zero-order valence-corrected chi connectivity index (χ0v) is 19.4. The molecule has 7 nitrogen and oxygen atoms in total. The lowest BCUT2D eigenvalue weighted by Crippen LogP contribution is -2.65. The van der Waals surface area contributed by atoms with Gasteiger partial charge in [-0.2, -0.15) is 0 Å². The Kier molecular flexibility index (Phi) is 6.74. The average molecular weight is 442 g/mol. The quantitative estimate of drug-likeness (QED) is 0.626. The molecule has 1 aliphatic heterocycles. The standard InChI is InChI=1S/C25H35N3O4/c1-4-31-15-8-14-28-23(29)21-13-12-20(22-11-7-16-32-22)27(21)17-25(28,3)24(30)26-19-10-6-5-9-18(19)2/h7,11-13,16,18-19H,4-6,8-10,14-15,17H2,1-3H3,(H,26,30). The van der Waals surface area contributed by atoms with E-state index in [1.165, 1.54) is 6.42 Å². The second kappa shape index (κ2) is 9.53. The number of amides is 2. The summed E-state index contributed by atoms with van der Waals surface area (Å²) in [6.07, 6.45) is 6.78. The van der Waals surface area contributed by atoms with Crippen LogP contribution in [0.3, 0.4) is 0 Å². The summed E-state index contributed by atoms with van der Waals surface area (Å²) in [5.41, 5.74) is 0.412. The van der Waals surface area contributed by atoms with Crippen LogP contribution in [0.2, 0.25) is 0 Å². The number of fused-ring (bicyclic) bond motifs is 1. The maximum atomic E-state index is 13.7. The molecule has 1 fully saturated rings. The van der Waals surface area contributed by atoms with Crippen molar-refractivity contribution >= 4 is 11.8 Å². The molecule has 0 spiro atoms. The molecule has 0 radical (unpaired) electrons.